The van der Waals surface area contributed by atoms with E-state index in [9.17, 15) is 4.79 Å². The molecule has 6 nitrogen and oxygen atoms in total. The Hall–Kier alpha value is -2.41. The van der Waals surface area contributed by atoms with Gasteiger partial charge in [0.1, 0.15) is 5.75 Å². The van der Waals surface area contributed by atoms with Gasteiger partial charge in [-0.25, -0.2) is 4.79 Å². The number of aryl methyl sites for hydroxylation is 1. The Kier molecular flexibility index (Phi) is 5.51. The van der Waals surface area contributed by atoms with E-state index < -0.39 is 6.03 Å². The van der Waals surface area contributed by atoms with Crippen LogP contribution in [0.25, 0.3) is 11.3 Å². The quantitative estimate of drug-likeness (QED) is 0.618. The highest BCUT2D eigenvalue weighted by Gasteiger charge is 2.22. The fourth-order valence-corrected chi connectivity index (χ4v) is 3.54. The van der Waals surface area contributed by atoms with Crippen LogP contribution in [0.2, 0.25) is 15.1 Å². The highest BCUT2D eigenvalue weighted by molar-refractivity contribution is 6.37. The van der Waals surface area contributed by atoms with E-state index in [0.717, 1.165) is 0 Å². The van der Waals surface area contributed by atoms with Gasteiger partial charge >= 0.3 is 6.03 Å². The summed E-state index contributed by atoms with van der Waals surface area (Å²) in [4.78, 5) is 13.5. The van der Waals surface area contributed by atoms with Gasteiger partial charge in [0.25, 0.3) is 0 Å². The number of methoxy groups -OCH3 is 1. The number of nitrogens with two attached hydrogens (primary N) is 1. The molecule has 0 fully saturated rings. The van der Waals surface area contributed by atoms with E-state index in [1.165, 1.54) is 17.2 Å². The van der Waals surface area contributed by atoms with Crippen molar-refractivity contribution < 1.29 is 9.53 Å². The Morgan fingerprint density at radius 3 is 2.44 bits per heavy atom. The van der Waals surface area contributed by atoms with Crippen LogP contribution in [0.5, 0.6) is 5.75 Å². The summed E-state index contributed by atoms with van der Waals surface area (Å²) in [6.45, 7) is 0. The molecule has 0 saturated heterocycles. The number of rotatable bonds is 4. The first-order valence-corrected chi connectivity index (χ1v) is 8.87. The summed E-state index contributed by atoms with van der Waals surface area (Å²) >= 11 is 18.5. The highest BCUT2D eigenvalue weighted by atomic mass is 35.5. The third-order valence-electron chi connectivity index (χ3n) is 3.96. The zero-order chi connectivity index (χ0) is 19.7. The molecule has 0 unspecified atom stereocenters. The summed E-state index contributed by atoms with van der Waals surface area (Å²) in [5, 5.41) is 5.33. The molecule has 0 aliphatic carbocycles. The monoisotopic (exact) mass is 424 g/mol. The van der Waals surface area contributed by atoms with Crippen molar-refractivity contribution in [2.24, 2.45) is 12.8 Å². The third-order valence-corrected chi connectivity index (χ3v) is 4.78. The lowest BCUT2D eigenvalue weighted by molar-refractivity contribution is 0.256. The van der Waals surface area contributed by atoms with Crippen LogP contribution in [-0.4, -0.2) is 22.9 Å². The number of hydrogen-bond donors (Lipinski definition) is 1. The zero-order valence-electron chi connectivity index (χ0n) is 14.4. The molecule has 3 aromatic rings. The van der Waals surface area contributed by atoms with Crippen molar-refractivity contribution >= 4 is 52.2 Å². The molecule has 0 aliphatic rings. The van der Waals surface area contributed by atoms with E-state index in [2.05, 4.69) is 5.10 Å². The van der Waals surface area contributed by atoms with Crippen LogP contribution >= 0.6 is 34.8 Å². The second kappa shape index (κ2) is 7.68. The summed E-state index contributed by atoms with van der Waals surface area (Å²) in [6, 6.07) is 9.23. The van der Waals surface area contributed by atoms with Crippen molar-refractivity contribution in [1.29, 1.82) is 0 Å². The molecule has 2 N–H and O–H groups in total. The lowest BCUT2D eigenvalue weighted by Crippen LogP contribution is -2.31. The number of aromatic nitrogens is 2. The number of hydrogen-bond acceptors (Lipinski definition) is 3. The standard InChI is InChI=1S/C18H15Cl3N4O2/c1-24-17(14(21)9-23-24)12-8-11(4-6-16(12)27-2)25(18(22)26)15-5-3-10(19)7-13(15)20/h3-9H,1-2H3,(H2,22,26). The highest BCUT2D eigenvalue weighted by Crippen LogP contribution is 2.40. The molecule has 0 saturated carbocycles. The molecule has 1 aromatic heterocycles. The maximum atomic E-state index is 12.2. The normalized spacial score (nSPS) is 10.7. The molecule has 0 aliphatic heterocycles. The first-order chi connectivity index (χ1) is 12.8. The number of anilines is 2. The number of benzene rings is 2. The average molecular weight is 426 g/mol. The lowest BCUT2D eigenvalue weighted by atomic mass is 10.1. The fourth-order valence-electron chi connectivity index (χ4n) is 2.78. The average Bonchev–Trinajstić information content (AvgIpc) is 2.95. The van der Waals surface area contributed by atoms with Crippen LogP contribution in [0.3, 0.4) is 0 Å². The van der Waals surface area contributed by atoms with Gasteiger partial charge in [0.2, 0.25) is 0 Å². The second-order valence-electron chi connectivity index (χ2n) is 5.62. The van der Waals surface area contributed by atoms with E-state index in [1.54, 1.807) is 49.2 Å². The maximum absolute atomic E-state index is 12.2. The SMILES string of the molecule is COc1ccc(N(C(N)=O)c2ccc(Cl)cc2Cl)cc1-c1c(Cl)cnn1C. The summed E-state index contributed by atoms with van der Waals surface area (Å²) in [5.41, 5.74) is 7.81. The Morgan fingerprint density at radius 2 is 1.89 bits per heavy atom. The Bertz CT molecular complexity index is 1000. The molecule has 2 aromatic carbocycles. The number of ether oxygens (including phenoxy) is 1. The van der Waals surface area contributed by atoms with Crippen LogP contribution in [0.4, 0.5) is 16.2 Å². The van der Waals surface area contributed by atoms with Crippen molar-refractivity contribution in [3.8, 4) is 17.0 Å². The predicted molar refractivity (Wildman–Crippen MR) is 108 cm³/mol. The Balaban J connectivity index is 2.20. The molecule has 0 bridgehead atoms. The van der Waals surface area contributed by atoms with Gasteiger partial charge in [-0.2, -0.15) is 5.10 Å². The van der Waals surface area contributed by atoms with Crippen molar-refractivity contribution in [2.75, 3.05) is 12.0 Å². The molecule has 3 rings (SSSR count). The fraction of sp³-hybridized carbons (Fsp3) is 0.111. The maximum Gasteiger partial charge on any atom is 0.323 e. The smallest absolute Gasteiger partial charge is 0.323 e. The number of nitrogens with zero attached hydrogens (tertiary/aromatic N) is 3. The van der Waals surface area contributed by atoms with Gasteiger partial charge in [-0.05, 0) is 36.4 Å². The molecule has 9 heteroatoms. The van der Waals surface area contributed by atoms with Crippen LogP contribution in [0, 0.1) is 0 Å². The van der Waals surface area contributed by atoms with Gasteiger partial charge in [0.15, 0.2) is 0 Å². The molecule has 2 amide bonds. The topological polar surface area (TPSA) is 73.4 Å². The Labute approximate surface area is 171 Å². The van der Waals surface area contributed by atoms with Gasteiger partial charge in [-0.1, -0.05) is 34.8 Å². The summed E-state index contributed by atoms with van der Waals surface area (Å²) in [6.07, 6.45) is 1.53. The van der Waals surface area contributed by atoms with Gasteiger partial charge in [0.05, 0.1) is 40.4 Å². The van der Waals surface area contributed by atoms with E-state index in [4.69, 9.17) is 45.3 Å². The van der Waals surface area contributed by atoms with Gasteiger partial charge in [0, 0.05) is 17.6 Å². The van der Waals surface area contributed by atoms with Crippen molar-refractivity contribution in [2.45, 2.75) is 0 Å². The Morgan fingerprint density at radius 1 is 1.15 bits per heavy atom. The number of carbonyl (C=O) groups is 1. The zero-order valence-corrected chi connectivity index (χ0v) is 16.7. The van der Waals surface area contributed by atoms with E-state index in [1.807, 2.05) is 0 Å². The van der Waals surface area contributed by atoms with Gasteiger partial charge in [-0.15, -0.1) is 0 Å². The van der Waals surface area contributed by atoms with Crippen LogP contribution < -0.4 is 15.4 Å². The molecule has 27 heavy (non-hydrogen) atoms. The number of primary amides is 1. The summed E-state index contributed by atoms with van der Waals surface area (Å²) in [7, 11) is 3.31. The second-order valence-corrected chi connectivity index (χ2v) is 6.87. The molecule has 0 atom stereocenters. The third kappa shape index (κ3) is 3.69. The molecular formula is C18H15Cl3N4O2. The molecule has 0 radical (unpaired) electrons. The largest absolute Gasteiger partial charge is 0.496 e. The summed E-state index contributed by atoms with van der Waals surface area (Å²) in [5.74, 6) is 0.566. The van der Waals surface area contributed by atoms with E-state index in [-0.39, 0.29) is 5.02 Å². The van der Waals surface area contributed by atoms with Crippen LogP contribution in [-0.2, 0) is 7.05 Å². The van der Waals surface area contributed by atoms with Gasteiger partial charge < -0.3 is 10.5 Å². The molecule has 0 spiro atoms. The van der Waals surface area contributed by atoms with E-state index >= 15 is 0 Å². The van der Waals surface area contributed by atoms with E-state index in [0.29, 0.717) is 38.4 Å². The van der Waals surface area contributed by atoms with Crippen molar-refractivity contribution in [3.63, 3.8) is 0 Å². The number of urea groups is 1. The number of amides is 2. The van der Waals surface area contributed by atoms with Crippen LogP contribution in [0.1, 0.15) is 0 Å². The van der Waals surface area contributed by atoms with Gasteiger partial charge in [-0.3, -0.25) is 9.58 Å². The first kappa shape index (κ1) is 19.4. The number of carbonyl (C=O) groups excluding carboxylic acids is 1. The molecule has 1 heterocycles. The molecule has 140 valence electrons. The van der Waals surface area contributed by atoms with Crippen LogP contribution in [0.15, 0.2) is 42.6 Å². The number of halogens is 3. The molecular weight excluding hydrogens is 411 g/mol. The summed E-state index contributed by atoms with van der Waals surface area (Å²) < 4.78 is 7.06. The minimum atomic E-state index is -0.702. The first-order valence-electron chi connectivity index (χ1n) is 7.74. The minimum Gasteiger partial charge on any atom is -0.496 e. The minimum absolute atomic E-state index is 0.289. The predicted octanol–water partition coefficient (Wildman–Crippen LogP) is 5.27. The van der Waals surface area contributed by atoms with Crippen molar-refractivity contribution in [1.82, 2.24) is 9.78 Å². The van der Waals surface area contributed by atoms with Crippen molar-refractivity contribution in [3.05, 3.63) is 57.7 Å². The lowest BCUT2D eigenvalue weighted by Gasteiger charge is -2.23.